The molecule has 0 bridgehead atoms. The molecular formula is C26H18O2. The van der Waals surface area contributed by atoms with Crippen LogP contribution in [0.15, 0.2) is 72.8 Å². The van der Waals surface area contributed by atoms with Gasteiger partial charge in [-0.2, -0.15) is 0 Å². The van der Waals surface area contributed by atoms with Crippen molar-refractivity contribution in [2.24, 2.45) is 0 Å². The van der Waals surface area contributed by atoms with Crippen LogP contribution in [0.1, 0.15) is 43.0 Å². The number of carbonyl (C=O) groups is 2. The highest BCUT2D eigenvalue weighted by Gasteiger charge is 2.13. The summed E-state index contributed by atoms with van der Waals surface area (Å²) in [5.74, 6) is 10.3. The Kier molecular flexibility index (Phi) is 5.85. The molecule has 0 saturated carbocycles. The molecule has 0 aliphatic rings. The molecule has 0 heterocycles. The zero-order valence-corrected chi connectivity index (χ0v) is 15.7. The summed E-state index contributed by atoms with van der Waals surface area (Å²) < 4.78 is 0. The van der Waals surface area contributed by atoms with Crippen LogP contribution in [-0.2, 0) is 0 Å². The highest BCUT2D eigenvalue weighted by molar-refractivity contribution is 6.20. The molecule has 0 spiro atoms. The van der Waals surface area contributed by atoms with Crippen molar-refractivity contribution in [3.05, 3.63) is 106 Å². The van der Waals surface area contributed by atoms with Crippen molar-refractivity contribution in [1.29, 1.82) is 0 Å². The molecule has 3 aromatic rings. The van der Waals surface area contributed by atoms with E-state index in [4.69, 9.17) is 0 Å². The van der Waals surface area contributed by atoms with Crippen molar-refractivity contribution < 1.29 is 9.59 Å². The molecule has 0 saturated heterocycles. The summed E-state index contributed by atoms with van der Waals surface area (Å²) >= 11 is 0. The van der Waals surface area contributed by atoms with Gasteiger partial charge in [-0.05, 0) is 61.1 Å². The minimum absolute atomic E-state index is 0.271. The van der Waals surface area contributed by atoms with Crippen LogP contribution in [0.5, 0.6) is 0 Å². The Labute approximate surface area is 165 Å². The largest absolute Gasteiger partial charge is 0.279 e. The molecule has 0 unspecified atom stereocenters. The molecule has 2 heteroatoms. The Morgan fingerprint density at radius 3 is 1.32 bits per heavy atom. The molecule has 0 aliphatic heterocycles. The molecule has 0 N–H and O–H groups in total. The lowest BCUT2D eigenvalue weighted by molar-refractivity contribution is 0.102. The lowest BCUT2D eigenvalue weighted by atomic mass is 9.99. The van der Waals surface area contributed by atoms with Gasteiger partial charge in [0, 0.05) is 22.3 Å². The van der Waals surface area contributed by atoms with E-state index >= 15 is 0 Å². The second kappa shape index (κ2) is 8.67. The van der Waals surface area contributed by atoms with Crippen LogP contribution in [0, 0.1) is 37.5 Å². The number of ketones is 2. The van der Waals surface area contributed by atoms with Gasteiger partial charge in [-0.15, -0.1) is 0 Å². The van der Waals surface area contributed by atoms with Gasteiger partial charge in [-0.3, -0.25) is 9.59 Å². The summed E-state index contributed by atoms with van der Waals surface area (Å²) in [7, 11) is 0. The first-order chi connectivity index (χ1) is 13.6. The van der Waals surface area contributed by atoms with E-state index in [1.54, 1.807) is 24.3 Å². The summed E-state index contributed by atoms with van der Waals surface area (Å²) in [5.41, 5.74) is 4.12. The average Bonchev–Trinajstić information content (AvgIpc) is 2.72. The molecule has 0 amide bonds. The number of aryl methyl sites for hydroxylation is 2. The van der Waals surface area contributed by atoms with Gasteiger partial charge >= 0.3 is 0 Å². The molecule has 0 aliphatic carbocycles. The minimum Gasteiger partial charge on any atom is -0.279 e. The van der Waals surface area contributed by atoms with Crippen LogP contribution >= 0.6 is 0 Å². The topological polar surface area (TPSA) is 34.1 Å². The third-order valence-corrected chi connectivity index (χ3v) is 4.33. The van der Waals surface area contributed by atoms with E-state index in [9.17, 15) is 9.59 Å². The van der Waals surface area contributed by atoms with E-state index in [0.717, 1.165) is 22.3 Å². The molecule has 0 radical (unpaired) electrons. The molecule has 3 rings (SSSR count). The lowest BCUT2D eigenvalue weighted by Gasteiger charge is -2.01. The highest BCUT2D eigenvalue weighted by atomic mass is 16.1. The zero-order chi connectivity index (χ0) is 19.9. The van der Waals surface area contributed by atoms with E-state index in [2.05, 4.69) is 23.7 Å². The third kappa shape index (κ3) is 4.44. The van der Waals surface area contributed by atoms with Crippen LogP contribution in [0.4, 0.5) is 0 Å². The van der Waals surface area contributed by atoms with Gasteiger partial charge in [-0.25, -0.2) is 0 Å². The van der Waals surface area contributed by atoms with E-state index in [0.29, 0.717) is 0 Å². The lowest BCUT2D eigenvalue weighted by Crippen LogP contribution is -2.06. The monoisotopic (exact) mass is 362 g/mol. The maximum atomic E-state index is 12.6. The Morgan fingerprint density at radius 2 is 0.929 bits per heavy atom. The number of hydrogen-bond donors (Lipinski definition) is 0. The van der Waals surface area contributed by atoms with Crippen LogP contribution in [-0.4, -0.2) is 11.6 Å². The van der Waals surface area contributed by atoms with E-state index < -0.39 is 11.6 Å². The minimum atomic E-state index is -0.398. The second-order valence-corrected chi connectivity index (χ2v) is 6.33. The van der Waals surface area contributed by atoms with E-state index in [1.165, 1.54) is 0 Å². The normalized spacial score (nSPS) is 9.50. The quantitative estimate of drug-likeness (QED) is 0.486. The Balaban J connectivity index is 1.90. The smallest absolute Gasteiger partial charge is 0.237 e. The summed E-state index contributed by atoms with van der Waals surface area (Å²) in [6.07, 6.45) is 0. The maximum Gasteiger partial charge on any atom is 0.237 e. The fourth-order valence-electron chi connectivity index (χ4n) is 2.69. The van der Waals surface area contributed by atoms with E-state index in [-0.39, 0.29) is 11.1 Å². The van der Waals surface area contributed by atoms with Crippen LogP contribution in [0.25, 0.3) is 0 Å². The zero-order valence-electron chi connectivity index (χ0n) is 15.7. The Hall–Kier alpha value is -3.88. The summed E-state index contributed by atoms with van der Waals surface area (Å²) in [6.45, 7) is 3.88. The number of benzene rings is 3. The summed E-state index contributed by atoms with van der Waals surface area (Å²) in [5, 5.41) is 0. The van der Waals surface area contributed by atoms with Gasteiger partial charge in [0.15, 0.2) is 0 Å². The molecule has 3 aromatic carbocycles. The number of carbonyl (C=O) groups excluding carboxylic acids is 2. The first-order valence-electron chi connectivity index (χ1n) is 8.89. The van der Waals surface area contributed by atoms with E-state index in [1.807, 2.05) is 62.4 Å². The number of rotatable bonds is 2. The predicted octanol–water partition coefficient (Wildman–Crippen LogP) is 4.77. The van der Waals surface area contributed by atoms with Crippen LogP contribution < -0.4 is 0 Å². The van der Waals surface area contributed by atoms with Gasteiger partial charge in [-0.1, -0.05) is 60.4 Å². The molecule has 28 heavy (non-hydrogen) atoms. The molecule has 0 atom stereocenters. The maximum absolute atomic E-state index is 12.6. The molecule has 134 valence electrons. The average molecular weight is 362 g/mol. The fourth-order valence-corrected chi connectivity index (χ4v) is 2.69. The molecule has 0 aromatic heterocycles. The standard InChI is InChI=1S/C26H18O2/c1-19-9-3-5-11-21(19)15-17-25(27)23-13-7-8-14-24(23)26(28)18-16-22-12-6-4-10-20(22)2/h3-14H,1-2H3. The number of Topliss-reactive ketones (excluding diaryl/α,β-unsaturated/α-hetero) is 2. The van der Waals surface area contributed by atoms with Crippen molar-refractivity contribution in [2.75, 3.05) is 0 Å². The van der Waals surface area contributed by atoms with Gasteiger partial charge < -0.3 is 0 Å². The molecule has 2 nitrogen and oxygen atoms in total. The van der Waals surface area contributed by atoms with Crippen molar-refractivity contribution >= 4 is 11.6 Å². The van der Waals surface area contributed by atoms with Crippen molar-refractivity contribution in [1.82, 2.24) is 0 Å². The Bertz CT molecular complexity index is 1080. The molecule has 0 fully saturated rings. The van der Waals surface area contributed by atoms with Gasteiger partial charge in [0.1, 0.15) is 0 Å². The first-order valence-corrected chi connectivity index (χ1v) is 8.89. The third-order valence-electron chi connectivity index (χ3n) is 4.33. The SMILES string of the molecule is Cc1ccccc1C#CC(=O)c1ccccc1C(=O)C#Cc1ccccc1C. The molecular weight excluding hydrogens is 344 g/mol. The second-order valence-electron chi connectivity index (χ2n) is 6.33. The fraction of sp³-hybridized carbons (Fsp3) is 0.0769. The number of hydrogen-bond acceptors (Lipinski definition) is 2. The van der Waals surface area contributed by atoms with Crippen molar-refractivity contribution in [2.45, 2.75) is 13.8 Å². The van der Waals surface area contributed by atoms with Gasteiger partial charge in [0.05, 0.1) is 0 Å². The van der Waals surface area contributed by atoms with Gasteiger partial charge in [0.25, 0.3) is 0 Å². The van der Waals surface area contributed by atoms with Crippen LogP contribution in [0.2, 0.25) is 0 Å². The van der Waals surface area contributed by atoms with Crippen molar-refractivity contribution in [3.8, 4) is 23.7 Å². The van der Waals surface area contributed by atoms with Crippen LogP contribution in [0.3, 0.4) is 0 Å². The first kappa shape index (κ1) is 18.9. The summed E-state index contributed by atoms with van der Waals surface area (Å²) in [6, 6.07) is 21.8. The Morgan fingerprint density at radius 1 is 0.571 bits per heavy atom. The predicted molar refractivity (Wildman–Crippen MR) is 111 cm³/mol. The van der Waals surface area contributed by atoms with Gasteiger partial charge in [0.2, 0.25) is 11.6 Å². The highest BCUT2D eigenvalue weighted by Crippen LogP contribution is 2.12. The van der Waals surface area contributed by atoms with Crippen molar-refractivity contribution in [3.63, 3.8) is 0 Å². The summed E-state index contributed by atoms with van der Waals surface area (Å²) in [4.78, 5) is 25.2.